The van der Waals surface area contributed by atoms with Crippen molar-refractivity contribution in [3.63, 3.8) is 0 Å². The monoisotopic (exact) mass is 686 g/mol. The third kappa shape index (κ3) is 30.7. The van der Waals surface area contributed by atoms with Crippen molar-refractivity contribution in [2.24, 2.45) is 0 Å². The van der Waals surface area contributed by atoms with Crippen LogP contribution >= 0.6 is 0 Å². The Kier molecular flexibility index (Phi) is 33.8. The molecular weight excluding hydrogens is 616 g/mol. The molecule has 0 rings (SSSR count). The van der Waals surface area contributed by atoms with Crippen molar-refractivity contribution < 1.29 is 48.0 Å². The van der Waals surface area contributed by atoms with E-state index in [0.29, 0.717) is 25.7 Å². The highest BCUT2D eigenvalue weighted by Gasteiger charge is 2.48. The van der Waals surface area contributed by atoms with Gasteiger partial charge in [-0.25, -0.2) is 4.79 Å². The predicted molar refractivity (Wildman–Crippen MR) is 189 cm³/mol. The standard InChI is InChI=1S/C20H34O8.C18H36O2/c1-5-8-11-25-17(22)14-20(28-16(4)21,19(24)27-13-10-7-3)15-18(23)26-12-9-6-2;1-2-3-4-5-6-7-8-9-10-11-12-13-14-15-16-17-18(19)20/h5-15H2,1-4H3;2-17H2,1H3,(H,19,20). The summed E-state index contributed by atoms with van der Waals surface area (Å²) in [5, 5.41) is 8.52. The van der Waals surface area contributed by atoms with Crippen LogP contribution in [0.4, 0.5) is 0 Å². The summed E-state index contributed by atoms with van der Waals surface area (Å²) in [5.41, 5.74) is -2.09. The summed E-state index contributed by atoms with van der Waals surface area (Å²) >= 11 is 0. The van der Waals surface area contributed by atoms with Gasteiger partial charge in [0.15, 0.2) is 0 Å². The molecule has 0 heterocycles. The molecule has 0 unspecified atom stereocenters. The van der Waals surface area contributed by atoms with Crippen LogP contribution in [0.2, 0.25) is 0 Å². The van der Waals surface area contributed by atoms with Gasteiger partial charge in [0.25, 0.3) is 0 Å². The smallest absolute Gasteiger partial charge is 0.351 e. The van der Waals surface area contributed by atoms with E-state index in [-0.39, 0.29) is 19.8 Å². The van der Waals surface area contributed by atoms with E-state index in [2.05, 4.69) is 6.92 Å². The number of carbonyl (C=O) groups excluding carboxylic acids is 4. The first-order chi connectivity index (χ1) is 23.1. The van der Waals surface area contributed by atoms with Gasteiger partial charge in [-0.15, -0.1) is 0 Å². The number of ether oxygens (including phenoxy) is 4. The van der Waals surface area contributed by atoms with Crippen molar-refractivity contribution in [3.8, 4) is 0 Å². The van der Waals surface area contributed by atoms with Crippen molar-refractivity contribution in [1.29, 1.82) is 0 Å². The maximum Gasteiger partial charge on any atom is 0.351 e. The van der Waals surface area contributed by atoms with E-state index in [1.54, 1.807) is 0 Å². The van der Waals surface area contributed by atoms with E-state index in [1.165, 1.54) is 83.5 Å². The number of rotatable bonds is 31. The lowest BCUT2D eigenvalue weighted by atomic mass is 9.95. The number of hydrogen-bond acceptors (Lipinski definition) is 9. The minimum atomic E-state index is -2.09. The average molecular weight is 687 g/mol. The van der Waals surface area contributed by atoms with E-state index >= 15 is 0 Å². The summed E-state index contributed by atoms with van der Waals surface area (Å²) in [7, 11) is 0. The molecule has 0 spiro atoms. The molecule has 1 N–H and O–H groups in total. The molecule has 0 amide bonds. The Labute approximate surface area is 291 Å². The number of carbonyl (C=O) groups is 5. The first-order valence-corrected chi connectivity index (χ1v) is 19.0. The van der Waals surface area contributed by atoms with Crippen LogP contribution < -0.4 is 0 Å². The van der Waals surface area contributed by atoms with Crippen molar-refractivity contribution in [2.75, 3.05) is 19.8 Å². The van der Waals surface area contributed by atoms with E-state index in [9.17, 15) is 24.0 Å². The van der Waals surface area contributed by atoms with E-state index in [4.69, 9.17) is 24.1 Å². The highest BCUT2D eigenvalue weighted by Crippen LogP contribution is 2.26. The molecule has 0 aromatic rings. The Balaban J connectivity index is 0. The summed E-state index contributed by atoms with van der Waals surface area (Å²) in [6.07, 6.45) is 23.3. The van der Waals surface area contributed by atoms with Crippen LogP contribution in [0.5, 0.6) is 0 Å². The minimum absolute atomic E-state index is 0.0914. The van der Waals surface area contributed by atoms with Crippen LogP contribution in [0.15, 0.2) is 0 Å². The fraction of sp³-hybridized carbons (Fsp3) is 0.868. The second-order valence-corrected chi connectivity index (χ2v) is 12.7. The first-order valence-electron chi connectivity index (χ1n) is 19.0. The quantitative estimate of drug-likeness (QED) is 0.0425. The molecule has 0 aromatic heterocycles. The van der Waals surface area contributed by atoms with E-state index in [1.807, 2.05) is 20.8 Å². The van der Waals surface area contributed by atoms with Crippen LogP contribution in [-0.2, 0) is 42.9 Å². The maximum absolute atomic E-state index is 12.7. The molecule has 0 fully saturated rings. The molecule has 0 bridgehead atoms. The zero-order valence-electron chi connectivity index (χ0n) is 31.2. The molecule has 0 saturated carbocycles. The number of unbranched alkanes of at least 4 members (excludes halogenated alkanes) is 17. The van der Waals surface area contributed by atoms with E-state index in [0.717, 1.165) is 39.0 Å². The van der Waals surface area contributed by atoms with Gasteiger partial charge in [-0.3, -0.25) is 19.2 Å². The summed E-state index contributed by atoms with van der Waals surface area (Å²) in [6.45, 7) is 9.61. The van der Waals surface area contributed by atoms with Gasteiger partial charge in [0, 0.05) is 13.3 Å². The molecular formula is C38H70O10. The molecule has 0 saturated heterocycles. The van der Waals surface area contributed by atoms with Crippen LogP contribution in [-0.4, -0.2) is 60.4 Å². The first kappa shape index (κ1) is 47.5. The molecule has 10 nitrogen and oxygen atoms in total. The fourth-order valence-electron chi connectivity index (χ4n) is 4.91. The van der Waals surface area contributed by atoms with E-state index < -0.39 is 48.3 Å². The van der Waals surface area contributed by atoms with Crippen molar-refractivity contribution >= 4 is 29.8 Å². The normalized spacial score (nSPS) is 10.9. The van der Waals surface area contributed by atoms with Crippen molar-refractivity contribution in [2.45, 2.75) is 194 Å². The number of carboxylic acid groups (broad SMARTS) is 1. The van der Waals surface area contributed by atoms with Gasteiger partial charge in [0.1, 0.15) is 0 Å². The van der Waals surface area contributed by atoms with Gasteiger partial charge >= 0.3 is 29.8 Å². The predicted octanol–water partition coefficient (Wildman–Crippen LogP) is 9.43. The summed E-state index contributed by atoms with van der Waals surface area (Å²) in [6, 6.07) is 0. The lowest BCUT2D eigenvalue weighted by molar-refractivity contribution is -0.190. The number of aliphatic carboxylic acids is 1. The van der Waals surface area contributed by atoms with Crippen LogP contribution in [0, 0.1) is 0 Å². The molecule has 0 atom stereocenters. The Bertz CT molecular complexity index is 802. The molecule has 282 valence electrons. The number of carboxylic acids is 1. The lowest BCUT2D eigenvalue weighted by Crippen LogP contribution is -2.48. The zero-order chi connectivity index (χ0) is 36.3. The Morgan fingerprint density at radius 3 is 1.15 bits per heavy atom. The molecule has 0 aliphatic heterocycles. The highest BCUT2D eigenvalue weighted by atomic mass is 16.6. The van der Waals surface area contributed by atoms with Gasteiger partial charge in [0.05, 0.1) is 32.7 Å². The number of esters is 4. The van der Waals surface area contributed by atoms with Crippen LogP contribution in [0.3, 0.4) is 0 Å². The third-order valence-corrected chi connectivity index (χ3v) is 7.82. The Morgan fingerprint density at radius 1 is 0.479 bits per heavy atom. The van der Waals surface area contributed by atoms with Gasteiger partial charge < -0.3 is 24.1 Å². The molecule has 0 aliphatic rings. The zero-order valence-corrected chi connectivity index (χ0v) is 31.2. The molecule has 10 heteroatoms. The topological polar surface area (TPSA) is 142 Å². The molecule has 0 radical (unpaired) electrons. The Hall–Kier alpha value is -2.65. The highest BCUT2D eigenvalue weighted by molar-refractivity contribution is 5.92. The fourth-order valence-corrected chi connectivity index (χ4v) is 4.91. The van der Waals surface area contributed by atoms with Gasteiger partial charge in [0.2, 0.25) is 5.60 Å². The van der Waals surface area contributed by atoms with Gasteiger partial charge in [-0.2, -0.15) is 0 Å². The second kappa shape index (κ2) is 34.2. The minimum Gasteiger partial charge on any atom is -0.481 e. The van der Waals surface area contributed by atoms with Crippen LogP contribution in [0.1, 0.15) is 189 Å². The van der Waals surface area contributed by atoms with Crippen LogP contribution in [0.25, 0.3) is 0 Å². The summed E-state index contributed by atoms with van der Waals surface area (Å²) in [5.74, 6) is -3.90. The SMILES string of the molecule is CCCCCCCCCCCCCCCCCC(=O)O.CCCCOC(=O)CC(CC(=O)OCCCC)(OC(C)=O)C(=O)OCCCC. The average Bonchev–Trinajstić information content (AvgIpc) is 3.03. The summed E-state index contributed by atoms with van der Waals surface area (Å²) in [4.78, 5) is 59.1. The Morgan fingerprint density at radius 2 is 0.812 bits per heavy atom. The molecule has 48 heavy (non-hydrogen) atoms. The third-order valence-electron chi connectivity index (χ3n) is 7.82. The molecule has 0 aliphatic carbocycles. The van der Waals surface area contributed by atoms with Crippen molar-refractivity contribution in [3.05, 3.63) is 0 Å². The molecule has 0 aromatic carbocycles. The second-order valence-electron chi connectivity index (χ2n) is 12.7. The van der Waals surface area contributed by atoms with Gasteiger partial charge in [-0.1, -0.05) is 137 Å². The summed E-state index contributed by atoms with van der Waals surface area (Å²) < 4.78 is 20.5. The maximum atomic E-state index is 12.7. The lowest BCUT2D eigenvalue weighted by Gasteiger charge is -2.29. The van der Waals surface area contributed by atoms with Gasteiger partial charge in [-0.05, 0) is 25.7 Å². The number of hydrogen-bond donors (Lipinski definition) is 1. The van der Waals surface area contributed by atoms with Crippen molar-refractivity contribution in [1.82, 2.24) is 0 Å². The largest absolute Gasteiger partial charge is 0.481 e.